The summed E-state index contributed by atoms with van der Waals surface area (Å²) in [6.45, 7) is 12.7. The van der Waals surface area contributed by atoms with Crippen molar-refractivity contribution in [2.75, 3.05) is 13.2 Å². The molecule has 1 aromatic heterocycles. The maximum absolute atomic E-state index is 10.0. The van der Waals surface area contributed by atoms with Gasteiger partial charge in [-0.3, -0.25) is 0 Å². The number of ether oxygens (including phenoxy) is 2. The van der Waals surface area contributed by atoms with Gasteiger partial charge in [0.2, 0.25) is 11.7 Å². The fourth-order valence-corrected chi connectivity index (χ4v) is 5.77. The van der Waals surface area contributed by atoms with E-state index in [1.54, 1.807) is 0 Å². The molecule has 3 N–H and O–H groups in total. The number of aromatic hydroxyl groups is 1. The number of aromatic nitrogens is 2. The molecule has 0 bridgehead atoms. The van der Waals surface area contributed by atoms with Crippen molar-refractivity contribution in [2.24, 2.45) is 0 Å². The molecule has 0 spiro atoms. The highest BCUT2D eigenvalue weighted by Gasteiger charge is 2.44. The number of rotatable bonds is 4. The normalized spacial score (nSPS) is 20.3. The highest BCUT2D eigenvalue weighted by atomic mass is 32.1. The van der Waals surface area contributed by atoms with Crippen molar-refractivity contribution in [1.82, 2.24) is 9.97 Å². The van der Waals surface area contributed by atoms with Crippen LogP contribution in [0, 0.1) is 11.7 Å². The zero-order valence-corrected chi connectivity index (χ0v) is 21.5. The van der Waals surface area contributed by atoms with Crippen molar-refractivity contribution < 1.29 is 14.6 Å². The molecule has 0 saturated carbocycles. The second-order valence-electron chi connectivity index (χ2n) is 11.1. The van der Waals surface area contributed by atoms with Crippen LogP contribution < -0.4 is 0 Å². The van der Waals surface area contributed by atoms with Gasteiger partial charge in [-0.1, -0.05) is 58.0 Å². The lowest BCUT2D eigenvalue weighted by Crippen LogP contribution is -2.36. The molecule has 180 valence electrons. The van der Waals surface area contributed by atoms with Crippen LogP contribution in [-0.2, 0) is 32.5 Å². The maximum Gasteiger partial charge on any atom is 0.222 e. The SMILES string of the molecule is Cc1cc2c(cc1C1(c3ccc(Cc4[nH]c(=S)[nH]c4O)cc3)OCCO1)C(C)(C)CCC2(C)C. The molecular formula is C28H34N2O3S. The number of nitrogens with one attached hydrogen (secondary N) is 2. The van der Waals surface area contributed by atoms with E-state index in [0.29, 0.717) is 30.1 Å². The molecule has 34 heavy (non-hydrogen) atoms. The van der Waals surface area contributed by atoms with E-state index in [1.165, 1.54) is 23.1 Å². The highest BCUT2D eigenvalue weighted by molar-refractivity contribution is 7.71. The van der Waals surface area contributed by atoms with Crippen molar-refractivity contribution in [3.63, 3.8) is 0 Å². The van der Waals surface area contributed by atoms with Crippen LogP contribution in [0.15, 0.2) is 36.4 Å². The Hall–Kier alpha value is -2.41. The van der Waals surface area contributed by atoms with Gasteiger partial charge in [0.1, 0.15) is 0 Å². The molecular weight excluding hydrogens is 444 g/mol. The van der Waals surface area contributed by atoms with E-state index < -0.39 is 5.79 Å². The predicted octanol–water partition coefficient (Wildman–Crippen LogP) is 6.27. The van der Waals surface area contributed by atoms with Gasteiger partial charge in [-0.05, 0) is 71.1 Å². The predicted molar refractivity (Wildman–Crippen MR) is 136 cm³/mol. The molecule has 3 aromatic rings. The molecule has 1 fully saturated rings. The molecule has 0 unspecified atom stereocenters. The first-order valence-electron chi connectivity index (χ1n) is 12.1. The average molecular weight is 479 g/mol. The number of hydrogen-bond acceptors (Lipinski definition) is 4. The molecule has 5 rings (SSSR count). The summed E-state index contributed by atoms with van der Waals surface area (Å²) < 4.78 is 13.2. The summed E-state index contributed by atoms with van der Waals surface area (Å²) in [7, 11) is 0. The molecule has 1 aliphatic carbocycles. The molecule has 5 nitrogen and oxygen atoms in total. The molecule has 2 heterocycles. The Morgan fingerprint density at radius 2 is 1.47 bits per heavy atom. The largest absolute Gasteiger partial charge is 0.493 e. The summed E-state index contributed by atoms with van der Waals surface area (Å²) in [5, 5.41) is 10.0. The number of H-pyrrole nitrogens is 2. The van der Waals surface area contributed by atoms with Crippen LogP contribution in [0.2, 0.25) is 0 Å². The molecule has 0 radical (unpaired) electrons. The van der Waals surface area contributed by atoms with Gasteiger partial charge in [-0.25, -0.2) is 0 Å². The number of hydrogen-bond donors (Lipinski definition) is 3. The molecule has 6 heteroatoms. The van der Waals surface area contributed by atoms with Crippen molar-refractivity contribution in [1.29, 1.82) is 0 Å². The van der Waals surface area contributed by atoms with Crippen molar-refractivity contribution in [3.05, 3.63) is 80.2 Å². The van der Waals surface area contributed by atoms with E-state index in [4.69, 9.17) is 21.7 Å². The fourth-order valence-electron chi connectivity index (χ4n) is 5.55. The summed E-state index contributed by atoms with van der Waals surface area (Å²) in [4.78, 5) is 5.74. The summed E-state index contributed by atoms with van der Waals surface area (Å²) in [5.74, 6) is -0.825. The fraction of sp³-hybridized carbons (Fsp3) is 0.464. The van der Waals surface area contributed by atoms with E-state index in [0.717, 1.165) is 23.1 Å². The van der Waals surface area contributed by atoms with Crippen LogP contribution in [0.25, 0.3) is 0 Å². The Balaban J connectivity index is 1.56. The Morgan fingerprint density at radius 3 is 2.03 bits per heavy atom. The second kappa shape index (κ2) is 8.08. The molecule has 2 aliphatic rings. The van der Waals surface area contributed by atoms with Crippen molar-refractivity contribution in [2.45, 2.75) is 70.5 Å². The van der Waals surface area contributed by atoms with Crippen molar-refractivity contribution in [3.8, 4) is 5.88 Å². The van der Waals surface area contributed by atoms with Gasteiger partial charge in [0, 0.05) is 17.5 Å². The first-order chi connectivity index (χ1) is 16.0. The lowest BCUT2D eigenvalue weighted by molar-refractivity contribution is -0.130. The minimum Gasteiger partial charge on any atom is -0.493 e. The van der Waals surface area contributed by atoms with Gasteiger partial charge >= 0.3 is 0 Å². The van der Waals surface area contributed by atoms with Gasteiger partial charge in [0.25, 0.3) is 0 Å². The van der Waals surface area contributed by atoms with Crippen LogP contribution in [0.1, 0.15) is 79.6 Å². The topological polar surface area (TPSA) is 70.3 Å². The zero-order chi connectivity index (χ0) is 24.3. The third-order valence-electron chi connectivity index (χ3n) is 7.74. The van der Waals surface area contributed by atoms with Crippen LogP contribution in [-0.4, -0.2) is 28.3 Å². The Bertz CT molecular complexity index is 1280. The second-order valence-corrected chi connectivity index (χ2v) is 11.5. The number of imidazole rings is 1. The van der Waals surface area contributed by atoms with E-state index in [1.807, 2.05) is 0 Å². The van der Waals surface area contributed by atoms with Crippen LogP contribution in [0.4, 0.5) is 0 Å². The third-order valence-corrected chi connectivity index (χ3v) is 7.95. The van der Waals surface area contributed by atoms with E-state index in [2.05, 4.69) is 81.0 Å². The minimum atomic E-state index is -0.911. The average Bonchev–Trinajstić information content (AvgIpc) is 3.39. The Morgan fingerprint density at radius 1 is 0.882 bits per heavy atom. The standard InChI is InChI=1S/C28H34N2O3S/c1-17-14-21-22(27(4,5)11-10-26(21,2)3)16-20(17)28(32-12-13-33-28)19-8-6-18(7-9-19)15-23-24(31)30-25(34)29-23/h6-9,14,16,31H,10-13,15H2,1-5H3,(H2,29,30,34). The Labute approximate surface area is 206 Å². The van der Waals surface area contributed by atoms with Gasteiger partial charge in [0.05, 0.1) is 18.9 Å². The summed E-state index contributed by atoms with van der Waals surface area (Å²) >= 11 is 5.08. The number of fused-ring (bicyclic) bond motifs is 1. The summed E-state index contributed by atoms with van der Waals surface area (Å²) in [6.07, 6.45) is 2.90. The molecule has 1 saturated heterocycles. The van der Waals surface area contributed by atoms with Crippen LogP contribution >= 0.6 is 12.2 Å². The van der Waals surface area contributed by atoms with Crippen LogP contribution in [0.3, 0.4) is 0 Å². The first kappa shape index (κ1) is 23.3. The minimum absolute atomic E-state index is 0.0863. The number of aromatic amines is 2. The lowest BCUT2D eigenvalue weighted by Gasteiger charge is -2.43. The highest BCUT2D eigenvalue weighted by Crippen LogP contribution is 2.49. The molecule has 0 atom stereocenters. The smallest absolute Gasteiger partial charge is 0.222 e. The molecule has 2 aromatic carbocycles. The van der Waals surface area contributed by atoms with Gasteiger partial charge in [0.15, 0.2) is 4.77 Å². The summed E-state index contributed by atoms with van der Waals surface area (Å²) in [6, 6.07) is 13.0. The zero-order valence-electron chi connectivity index (χ0n) is 20.7. The van der Waals surface area contributed by atoms with E-state index in [9.17, 15) is 5.11 Å². The number of benzene rings is 2. The van der Waals surface area contributed by atoms with E-state index in [-0.39, 0.29) is 16.7 Å². The first-order valence-corrected chi connectivity index (χ1v) is 12.5. The van der Waals surface area contributed by atoms with Gasteiger partial charge in [-0.2, -0.15) is 0 Å². The monoisotopic (exact) mass is 478 g/mol. The quantitative estimate of drug-likeness (QED) is 0.386. The van der Waals surface area contributed by atoms with Gasteiger partial charge in [-0.15, -0.1) is 0 Å². The summed E-state index contributed by atoms with van der Waals surface area (Å²) in [5.41, 5.74) is 8.11. The van der Waals surface area contributed by atoms with Crippen LogP contribution in [0.5, 0.6) is 5.88 Å². The lowest BCUT2D eigenvalue weighted by atomic mass is 9.62. The third kappa shape index (κ3) is 3.82. The molecule has 0 amide bonds. The molecule has 1 aliphatic heterocycles. The van der Waals surface area contributed by atoms with E-state index >= 15 is 0 Å². The van der Waals surface area contributed by atoms with Crippen molar-refractivity contribution >= 4 is 12.2 Å². The number of aryl methyl sites for hydroxylation is 1. The van der Waals surface area contributed by atoms with Gasteiger partial charge < -0.3 is 24.5 Å². The maximum atomic E-state index is 10.0. The Kier molecular flexibility index (Phi) is 5.54.